The number of hydrogen-bond acceptors (Lipinski definition) is 5. The van der Waals surface area contributed by atoms with Crippen molar-refractivity contribution < 1.29 is 9.72 Å². The van der Waals surface area contributed by atoms with Crippen molar-refractivity contribution >= 4 is 17.4 Å². The van der Waals surface area contributed by atoms with E-state index in [-0.39, 0.29) is 11.3 Å². The lowest BCUT2D eigenvalue weighted by atomic mass is 10.0. The number of nitrogens with one attached hydrogen (secondary N) is 2. The van der Waals surface area contributed by atoms with Gasteiger partial charge < -0.3 is 10.6 Å². The van der Waals surface area contributed by atoms with Gasteiger partial charge in [-0.3, -0.25) is 14.9 Å². The molecule has 0 fully saturated rings. The summed E-state index contributed by atoms with van der Waals surface area (Å²) < 4.78 is 0. The Balaban J connectivity index is 2.94. The van der Waals surface area contributed by atoms with Gasteiger partial charge >= 0.3 is 0 Å². The van der Waals surface area contributed by atoms with E-state index in [1.165, 1.54) is 6.07 Å². The van der Waals surface area contributed by atoms with Gasteiger partial charge in [0.1, 0.15) is 17.6 Å². The lowest BCUT2D eigenvalue weighted by Crippen LogP contribution is -2.29. The molecular weight excluding hydrogens is 272 g/mol. The molecule has 0 aromatic carbocycles. The summed E-state index contributed by atoms with van der Waals surface area (Å²) in [5.74, 6) is 0.397. The van der Waals surface area contributed by atoms with Crippen LogP contribution in [-0.2, 0) is 0 Å². The van der Waals surface area contributed by atoms with E-state index in [1.54, 1.807) is 0 Å². The number of rotatable bonds is 8. The normalized spacial score (nSPS) is 10.5. The molecule has 0 bridgehead atoms. The Morgan fingerprint density at radius 2 is 2.05 bits per heavy atom. The fourth-order valence-corrected chi connectivity index (χ4v) is 1.96. The van der Waals surface area contributed by atoms with E-state index in [0.717, 1.165) is 19.0 Å². The zero-order valence-corrected chi connectivity index (χ0v) is 12.7. The topological polar surface area (TPSA) is 97.2 Å². The van der Waals surface area contributed by atoms with E-state index in [9.17, 15) is 14.9 Å². The summed E-state index contributed by atoms with van der Waals surface area (Å²) in [6.07, 6.45) is 3.03. The fraction of sp³-hybridized carbons (Fsp3) is 0.571. The first-order valence-electron chi connectivity index (χ1n) is 7.19. The van der Waals surface area contributed by atoms with Gasteiger partial charge in [0.25, 0.3) is 11.6 Å². The third-order valence-corrected chi connectivity index (χ3v) is 3.39. The van der Waals surface area contributed by atoms with Gasteiger partial charge in [0.05, 0.1) is 4.92 Å². The molecule has 2 N–H and O–H groups in total. The van der Waals surface area contributed by atoms with Gasteiger partial charge in [-0.2, -0.15) is 0 Å². The molecule has 1 aromatic rings. The highest BCUT2D eigenvalue weighted by Gasteiger charge is 2.22. The van der Waals surface area contributed by atoms with Crippen molar-refractivity contribution in [1.29, 1.82) is 0 Å². The van der Waals surface area contributed by atoms with Gasteiger partial charge in [0, 0.05) is 19.2 Å². The third kappa shape index (κ3) is 4.70. The Kier molecular flexibility index (Phi) is 6.58. The van der Waals surface area contributed by atoms with Crippen LogP contribution in [0.4, 0.5) is 11.5 Å². The fourth-order valence-electron chi connectivity index (χ4n) is 1.96. The maximum absolute atomic E-state index is 12.2. The molecule has 7 nitrogen and oxygen atoms in total. The van der Waals surface area contributed by atoms with Crippen LogP contribution in [-0.4, -0.2) is 28.9 Å². The molecule has 7 heteroatoms. The highest BCUT2D eigenvalue weighted by Crippen LogP contribution is 2.20. The molecule has 0 radical (unpaired) electrons. The summed E-state index contributed by atoms with van der Waals surface area (Å²) in [5, 5.41) is 16.7. The monoisotopic (exact) mass is 294 g/mol. The van der Waals surface area contributed by atoms with E-state index in [2.05, 4.69) is 29.5 Å². The van der Waals surface area contributed by atoms with Gasteiger partial charge in [-0.25, -0.2) is 4.98 Å². The number of aromatic nitrogens is 1. The van der Waals surface area contributed by atoms with Gasteiger partial charge in [0.2, 0.25) is 0 Å². The first-order valence-corrected chi connectivity index (χ1v) is 7.19. The lowest BCUT2D eigenvalue weighted by Gasteiger charge is -2.13. The smallest absolute Gasteiger partial charge is 0.300 e. The van der Waals surface area contributed by atoms with Crippen LogP contribution in [0.15, 0.2) is 12.3 Å². The number of nitro groups is 1. The maximum Gasteiger partial charge on any atom is 0.300 e. The predicted molar refractivity (Wildman–Crippen MR) is 81.5 cm³/mol. The highest BCUT2D eigenvalue weighted by molar-refractivity contribution is 5.98. The van der Waals surface area contributed by atoms with E-state index in [0.29, 0.717) is 24.8 Å². The molecule has 0 unspecified atom stereocenters. The molecule has 1 amide bonds. The Hall–Kier alpha value is -2.18. The molecule has 0 spiro atoms. The SMILES string of the molecule is CCNc1cc(C(=O)NCC(CC)CC)c([N+](=O)[O-])cn1. The van der Waals surface area contributed by atoms with E-state index in [1.807, 2.05) is 6.92 Å². The zero-order valence-electron chi connectivity index (χ0n) is 12.7. The van der Waals surface area contributed by atoms with Crippen molar-refractivity contribution in [3.05, 3.63) is 27.9 Å². The Labute approximate surface area is 124 Å². The van der Waals surface area contributed by atoms with Crippen LogP contribution >= 0.6 is 0 Å². The Morgan fingerprint density at radius 1 is 1.38 bits per heavy atom. The number of amides is 1. The molecule has 0 aliphatic rings. The second kappa shape index (κ2) is 8.18. The van der Waals surface area contributed by atoms with Crippen LogP contribution in [0.3, 0.4) is 0 Å². The number of pyridine rings is 1. The average Bonchev–Trinajstić information content (AvgIpc) is 2.48. The van der Waals surface area contributed by atoms with Crippen LogP contribution in [0.25, 0.3) is 0 Å². The second-order valence-electron chi connectivity index (χ2n) is 4.77. The van der Waals surface area contributed by atoms with Crippen LogP contribution in [0, 0.1) is 16.0 Å². The number of carbonyl (C=O) groups is 1. The van der Waals surface area contributed by atoms with Crippen LogP contribution < -0.4 is 10.6 Å². The molecule has 0 aliphatic heterocycles. The molecule has 1 heterocycles. The zero-order chi connectivity index (χ0) is 15.8. The van der Waals surface area contributed by atoms with Crippen molar-refractivity contribution in [2.75, 3.05) is 18.4 Å². The standard InChI is InChI=1S/C14H22N4O3/c1-4-10(5-2)8-17-14(19)11-7-13(15-6-3)16-9-12(11)18(20)21/h7,9-10H,4-6,8H2,1-3H3,(H,15,16)(H,17,19). The Morgan fingerprint density at radius 3 is 2.57 bits per heavy atom. The first-order chi connectivity index (χ1) is 10.0. The highest BCUT2D eigenvalue weighted by atomic mass is 16.6. The van der Waals surface area contributed by atoms with Gasteiger partial charge in [-0.1, -0.05) is 26.7 Å². The van der Waals surface area contributed by atoms with Crippen molar-refractivity contribution in [1.82, 2.24) is 10.3 Å². The number of anilines is 1. The minimum absolute atomic E-state index is 0.0388. The summed E-state index contributed by atoms with van der Waals surface area (Å²) in [6.45, 7) is 7.13. The van der Waals surface area contributed by atoms with Crippen molar-refractivity contribution in [2.24, 2.45) is 5.92 Å². The minimum Gasteiger partial charge on any atom is -0.370 e. The molecule has 1 aromatic heterocycles. The number of nitrogens with zero attached hydrogens (tertiary/aromatic N) is 2. The largest absolute Gasteiger partial charge is 0.370 e. The van der Waals surface area contributed by atoms with E-state index < -0.39 is 10.8 Å². The molecule has 0 aliphatic carbocycles. The molecular formula is C14H22N4O3. The third-order valence-electron chi connectivity index (χ3n) is 3.39. The van der Waals surface area contributed by atoms with Gasteiger partial charge in [-0.15, -0.1) is 0 Å². The first kappa shape index (κ1) is 16.9. The predicted octanol–water partition coefficient (Wildman–Crippen LogP) is 2.59. The second-order valence-corrected chi connectivity index (χ2v) is 4.77. The van der Waals surface area contributed by atoms with Crippen molar-refractivity contribution in [2.45, 2.75) is 33.6 Å². The van der Waals surface area contributed by atoms with E-state index >= 15 is 0 Å². The number of hydrogen-bond donors (Lipinski definition) is 2. The summed E-state index contributed by atoms with van der Waals surface area (Å²) in [5.41, 5.74) is -0.240. The average molecular weight is 294 g/mol. The summed E-state index contributed by atoms with van der Waals surface area (Å²) >= 11 is 0. The van der Waals surface area contributed by atoms with Crippen LogP contribution in [0.2, 0.25) is 0 Å². The molecule has 1 rings (SSSR count). The van der Waals surface area contributed by atoms with Crippen LogP contribution in [0.5, 0.6) is 0 Å². The number of carbonyl (C=O) groups excluding carboxylic acids is 1. The molecule has 116 valence electrons. The van der Waals surface area contributed by atoms with E-state index in [4.69, 9.17) is 0 Å². The Bertz CT molecular complexity index is 501. The van der Waals surface area contributed by atoms with Gasteiger partial charge in [0.15, 0.2) is 0 Å². The summed E-state index contributed by atoms with van der Waals surface area (Å²) in [7, 11) is 0. The summed E-state index contributed by atoms with van der Waals surface area (Å²) in [4.78, 5) is 26.5. The quantitative estimate of drug-likeness (QED) is 0.567. The van der Waals surface area contributed by atoms with Crippen molar-refractivity contribution in [3.8, 4) is 0 Å². The lowest BCUT2D eigenvalue weighted by molar-refractivity contribution is -0.385. The molecule has 0 saturated carbocycles. The molecule has 21 heavy (non-hydrogen) atoms. The van der Waals surface area contributed by atoms with Crippen molar-refractivity contribution in [3.63, 3.8) is 0 Å². The maximum atomic E-state index is 12.2. The van der Waals surface area contributed by atoms with Crippen LogP contribution in [0.1, 0.15) is 44.0 Å². The molecule has 0 atom stereocenters. The van der Waals surface area contributed by atoms with Gasteiger partial charge in [-0.05, 0) is 12.8 Å². The molecule has 0 saturated heterocycles. The summed E-state index contributed by atoms with van der Waals surface area (Å²) in [6, 6.07) is 1.42. The minimum atomic E-state index is -0.589.